The molecule has 0 saturated heterocycles. The van der Waals surface area contributed by atoms with Gasteiger partial charge in [0.1, 0.15) is 11.5 Å². The number of allylic oxidation sites excluding steroid dienone is 1. The number of rotatable bonds is 5. The third-order valence-electron chi connectivity index (χ3n) is 4.45. The number of ketones is 1. The number of ether oxygens (including phenoxy) is 1. The molecule has 0 aliphatic heterocycles. The summed E-state index contributed by atoms with van der Waals surface area (Å²) in [6, 6.07) is 12.2. The summed E-state index contributed by atoms with van der Waals surface area (Å²) in [7, 11) is 1.66. The van der Waals surface area contributed by atoms with Crippen LogP contribution in [-0.4, -0.2) is 24.1 Å². The number of aliphatic hydroxyl groups is 1. The first kappa shape index (κ1) is 15.8. The zero-order valence-electron chi connectivity index (χ0n) is 13.4. The molecule has 2 aromatic carbocycles. The summed E-state index contributed by atoms with van der Waals surface area (Å²) in [5.41, 5.74) is 1.10. The van der Waals surface area contributed by atoms with E-state index in [1.54, 1.807) is 7.11 Å². The van der Waals surface area contributed by atoms with Gasteiger partial charge in [-0.25, -0.2) is 0 Å². The van der Waals surface area contributed by atoms with Crippen molar-refractivity contribution in [3.8, 4) is 5.75 Å². The SMILES string of the molecule is COc1ccc2cc(CC(O)/C=C/C3CCC(=O)C3)ccc2c1. The molecule has 120 valence electrons. The zero-order chi connectivity index (χ0) is 16.2. The average Bonchev–Trinajstić information content (AvgIpc) is 2.98. The molecular weight excluding hydrogens is 288 g/mol. The molecule has 1 fully saturated rings. The van der Waals surface area contributed by atoms with Crippen LogP contribution in [0.4, 0.5) is 0 Å². The van der Waals surface area contributed by atoms with Crippen LogP contribution in [0.15, 0.2) is 48.6 Å². The molecule has 1 N–H and O–H groups in total. The number of hydrogen-bond donors (Lipinski definition) is 1. The number of hydrogen-bond acceptors (Lipinski definition) is 3. The van der Waals surface area contributed by atoms with Gasteiger partial charge < -0.3 is 9.84 Å². The van der Waals surface area contributed by atoms with E-state index < -0.39 is 6.10 Å². The van der Waals surface area contributed by atoms with E-state index in [1.807, 2.05) is 36.4 Å². The zero-order valence-corrected chi connectivity index (χ0v) is 13.4. The van der Waals surface area contributed by atoms with E-state index in [9.17, 15) is 9.90 Å². The van der Waals surface area contributed by atoms with Crippen molar-refractivity contribution in [2.45, 2.75) is 31.8 Å². The first-order valence-electron chi connectivity index (χ1n) is 8.09. The number of Topliss-reactive ketones (excluding diaryl/α,β-unsaturated/α-hetero) is 1. The first-order chi connectivity index (χ1) is 11.1. The Morgan fingerprint density at radius 3 is 2.78 bits per heavy atom. The van der Waals surface area contributed by atoms with Crippen molar-refractivity contribution in [1.29, 1.82) is 0 Å². The molecule has 0 radical (unpaired) electrons. The molecule has 3 heteroatoms. The number of aliphatic hydroxyl groups excluding tert-OH is 1. The van der Waals surface area contributed by atoms with Gasteiger partial charge in [0, 0.05) is 19.3 Å². The van der Waals surface area contributed by atoms with Gasteiger partial charge in [0.25, 0.3) is 0 Å². The van der Waals surface area contributed by atoms with Gasteiger partial charge in [-0.1, -0.05) is 36.4 Å². The summed E-state index contributed by atoms with van der Waals surface area (Å²) in [6.07, 6.45) is 6.13. The predicted octanol–water partition coefficient (Wildman–Crippen LogP) is 3.68. The predicted molar refractivity (Wildman–Crippen MR) is 91.7 cm³/mol. The molecule has 1 aliphatic rings. The van der Waals surface area contributed by atoms with Crippen LogP contribution in [0.5, 0.6) is 5.75 Å². The maximum atomic E-state index is 11.3. The summed E-state index contributed by atoms with van der Waals surface area (Å²) in [6.45, 7) is 0. The normalized spacial score (nSPS) is 19.6. The lowest BCUT2D eigenvalue weighted by Crippen LogP contribution is -2.07. The highest BCUT2D eigenvalue weighted by Crippen LogP contribution is 2.24. The van der Waals surface area contributed by atoms with E-state index in [4.69, 9.17) is 4.74 Å². The molecule has 3 rings (SSSR count). The average molecular weight is 310 g/mol. The van der Waals surface area contributed by atoms with Crippen molar-refractivity contribution in [1.82, 2.24) is 0 Å². The highest BCUT2D eigenvalue weighted by molar-refractivity contribution is 5.84. The molecule has 2 atom stereocenters. The van der Waals surface area contributed by atoms with Gasteiger partial charge in [-0.15, -0.1) is 0 Å². The Kier molecular flexibility index (Phi) is 4.77. The van der Waals surface area contributed by atoms with Crippen molar-refractivity contribution in [3.05, 3.63) is 54.1 Å². The molecule has 1 saturated carbocycles. The third kappa shape index (κ3) is 3.99. The maximum Gasteiger partial charge on any atom is 0.133 e. The lowest BCUT2D eigenvalue weighted by Gasteiger charge is -2.09. The van der Waals surface area contributed by atoms with E-state index in [-0.39, 0.29) is 0 Å². The third-order valence-corrected chi connectivity index (χ3v) is 4.45. The van der Waals surface area contributed by atoms with Crippen LogP contribution in [0.2, 0.25) is 0 Å². The van der Waals surface area contributed by atoms with Crippen molar-refractivity contribution in [3.63, 3.8) is 0 Å². The molecule has 0 amide bonds. The van der Waals surface area contributed by atoms with Crippen LogP contribution in [0, 0.1) is 5.92 Å². The lowest BCUT2D eigenvalue weighted by molar-refractivity contribution is -0.117. The fourth-order valence-corrected chi connectivity index (χ4v) is 3.13. The second-order valence-corrected chi connectivity index (χ2v) is 6.25. The molecule has 0 heterocycles. The molecule has 23 heavy (non-hydrogen) atoms. The minimum Gasteiger partial charge on any atom is -0.497 e. The molecule has 2 aromatic rings. The van der Waals surface area contributed by atoms with Gasteiger partial charge in [-0.2, -0.15) is 0 Å². The highest BCUT2D eigenvalue weighted by atomic mass is 16.5. The van der Waals surface area contributed by atoms with Crippen molar-refractivity contribution in [2.24, 2.45) is 5.92 Å². The summed E-state index contributed by atoms with van der Waals surface area (Å²) in [5.74, 6) is 1.49. The van der Waals surface area contributed by atoms with Crippen molar-refractivity contribution in [2.75, 3.05) is 7.11 Å². The van der Waals surface area contributed by atoms with Crippen LogP contribution >= 0.6 is 0 Å². The Balaban J connectivity index is 1.66. The van der Waals surface area contributed by atoms with Gasteiger partial charge in [0.15, 0.2) is 0 Å². The Bertz CT molecular complexity index is 733. The van der Waals surface area contributed by atoms with Crippen LogP contribution in [-0.2, 0) is 11.2 Å². The fourth-order valence-electron chi connectivity index (χ4n) is 3.13. The van der Waals surface area contributed by atoms with Crippen LogP contribution in [0.25, 0.3) is 10.8 Å². The lowest BCUT2D eigenvalue weighted by atomic mass is 10.0. The summed E-state index contributed by atoms with van der Waals surface area (Å²) in [4.78, 5) is 11.3. The minimum atomic E-state index is -0.513. The first-order valence-corrected chi connectivity index (χ1v) is 8.09. The monoisotopic (exact) mass is 310 g/mol. The molecule has 0 aromatic heterocycles. The van der Waals surface area contributed by atoms with Gasteiger partial charge in [0.05, 0.1) is 13.2 Å². The second kappa shape index (κ2) is 6.97. The smallest absolute Gasteiger partial charge is 0.133 e. The quantitative estimate of drug-likeness (QED) is 0.857. The number of methoxy groups -OCH3 is 1. The summed E-state index contributed by atoms with van der Waals surface area (Å²) < 4.78 is 5.23. The van der Waals surface area contributed by atoms with E-state index in [0.29, 0.717) is 31.0 Å². The van der Waals surface area contributed by atoms with E-state index in [2.05, 4.69) is 12.1 Å². The summed E-state index contributed by atoms with van der Waals surface area (Å²) >= 11 is 0. The van der Waals surface area contributed by atoms with Crippen molar-refractivity contribution < 1.29 is 14.6 Å². The Labute approximate surface area is 136 Å². The topological polar surface area (TPSA) is 46.5 Å². The molecule has 0 spiro atoms. The standard InChI is InChI=1S/C20H22O3/c1-23-20-9-6-16-10-15(2-5-17(16)13-20)12-19(22)8-4-14-3-7-18(21)11-14/h2,4-6,8-10,13-14,19,22H,3,7,11-12H2,1H3/b8-4+. The van der Waals surface area contributed by atoms with Crippen LogP contribution in [0.3, 0.4) is 0 Å². The second-order valence-electron chi connectivity index (χ2n) is 6.25. The van der Waals surface area contributed by atoms with Gasteiger partial charge >= 0.3 is 0 Å². The van der Waals surface area contributed by atoms with E-state index in [1.165, 1.54) is 0 Å². The van der Waals surface area contributed by atoms with Crippen LogP contribution in [0.1, 0.15) is 24.8 Å². The Hall–Kier alpha value is -2.13. The van der Waals surface area contributed by atoms with Crippen LogP contribution < -0.4 is 4.74 Å². The maximum absolute atomic E-state index is 11.3. The van der Waals surface area contributed by atoms with Gasteiger partial charge in [-0.3, -0.25) is 4.79 Å². The number of benzene rings is 2. The molecule has 1 aliphatic carbocycles. The minimum absolute atomic E-state index is 0.307. The van der Waals surface area contributed by atoms with Crippen molar-refractivity contribution >= 4 is 16.6 Å². The molecular formula is C20H22O3. The number of carbonyl (C=O) groups excluding carboxylic acids is 1. The van der Waals surface area contributed by atoms with E-state index >= 15 is 0 Å². The summed E-state index contributed by atoms with van der Waals surface area (Å²) in [5, 5.41) is 12.5. The molecule has 0 bridgehead atoms. The molecule has 3 nitrogen and oxygen atoms in total. The van der Waals surface area contributed by atoms with Gasteiger partial charge in [0.2, 0.25) is 0 Å². The molecule has 2 unspecified atom stereocenters. The van der Waals surface area contributed by atoms with E-state index in [0.717, 1.165) is 28.5 Å². The fraction of sp³-hybridized carbons (Fsp3) is 0.350. The van der Waals surface area contributed by atoms with Gasteiger partial charge in [-0.05, 0) is 40.8 Å². The number of carbonyl (C=O) groups is 1. The Morgan fingerprint density at radius 2 is 2.04 bits per heavy atom. The largest absolute Gasteiger partial charge is 0.497 e. The number of fused-ring (bicyclic) bond motifs is 1. The highest BCUT2D eigenvalue weighted by Gasteiger charge is 2.19. The Morgan fingerprint density at radius 1 is 1.26 bits per heavy atom.